The summed E-state index contributed by atoms with van der Waals surface area (Å²) >= 11 is 3.78. The molecule has 3 aromatic heterocycles. The molecular weight excluding hydrogens is 609 g/mol. The number of benzene rings is 8. The standard InChI is InChI=1S/C44H24OS2/c1-2-9-28-25(8-1)17-21-38-41(28)36-24-27(18-20-37(36)45-38)39-29-10-3-5-12-31(29)40(32-13-6-4-11-30(32)39)35-15-7-14-33-34-19-16-26-22-23-46-42(26)44(34)47-43(33)35/h1-24H. The summed E-state index contributed by atoms with van der Waals surface area (Å²) in [5, 5.41) is 16.1. The maximum absolute atomic E-state index is 6.39. The molecule has 8 aromatic carbocycles. The highest BCUT2D eigenvalue weighted by Gasteiger charge is 2.21. The van der Waals surface area contributed by atoms with Gasteiger partial charge in [-0.3, -0.25) is 0 Å². The molecule has 218 valence electrons. The van der Waals surface area contributed by atoms with Crippen LogP contribution in [0.1, 0.15) is 0 Å². The monoisotopic (exact) mass is 632 g/mol. The second-order valence-electron chi connectivity index (χ2n) is 12.4. The van der Waals surface area contributed by atoms with E-state index in [2.05, 4.69) is 145 Å². The highest BCUT2D eigenvalue weighted by atomic mass is 32.1. The van der Waals surface area contributed by atoms with Crippen LogP contribution in [0.3, 0.4) is 0 Å². The lowest BCUT2D eigenvalue weighted by atomic mass is 9.85. The molecule has 0 unspecified atom stereocenters. The molecule has 0 fully saturated rings. The van der Waals surface area contributed by atoms with Gasteiger partial charge in [-0.05, 0) is 84.0 Å². The van der Waals surface area contributed by atoms with Gasteiger partial charge >= 0.3 is 0 Å². The number of furan rings is 1. The first-order valence-corrected chi connectivity index (χ1v) is 17.6. The zero-order chi connectivity index (χ0) is 30.6. The molecule has 11 aromatic rings. The minimum Gasteiger partial charge on any atom is -0.456 e. The Morgan fingerprint density at radius 1 is 0.404 bits per heavy atom. The van der Waals surface area contributed by atoms with Gasteiger partial charge in [0.05, 0.1) is 9.40 Å². The van der Waals surface area contributed by atoms with Crippen LogP contribution in [-0.2, 0) is 0 Å². The highest BCUT2D eigenvalue weighted by Crippen LogP contribution is 2.49. The van der Waals surface area contributed by atoms with Crippen molar-refractivity contribution in [2.75, 3.05) is 0 Å². The maximum Gasteiger partial charge on any atom is 0.136 e. The van der Waals surface area contributed by atoms with E-state index in [0.717, 1.165) is 16.6 Å². The Kier molecular flexibility index (Phi) is 5.20. The van der Waals surface area contributed by atoms with Gasteiger partial charge < -0.3 is 4.42 Å². The Bertz CT molecular complexity index is 3020. The van der Waals surface area contributed by atoms with Crippen molar-refractivity contribution in [2.45, 2.75) is 0 Å². The Hall–Kier alpha value is -5.48. The first-order valence-electron chi connectivity index (χ1n) is 15.9. The molecule has 0 saturated heterocycles. The third-order valence-electron chi connectivity index (χ3n) is 9.93. The van der Waals surface area contributed by atoms with Crippen LogP contribution in [0.5, 0.6) is 0 Å². The van der Waals surface area contributed by atoms with E-state index < -0.39 is 0 Å². The van der Waals surface area contributed by atoms with Gasteiger partial charge in [-0.25, -0.2) is 0 Å². The highest BCUT2D eigenvalue weighted by molar-refractivity contribution is 7.31. The smallest absolute Gasteiger partial charge is 0.136 e. The summed E-state index contributed by atoms with van der Waals surface area (Å²) in [6, 6.07) is 51.2. The number of rotatable bonds is 2. The summed E-state index contributed by atoms with van der Waals surface area (Å²) in [6.45, 7) is 0. The van der Waals surface area contributed by atoms with Crippen molar-refractivity contribution in [3.8, 4) is 22.3 Å². The Morgan fingerprint density at radius 2 is 1.06 bits per heavy atom. The number of hydrogen-bond donors (Lipinski definition) is 0. The molecular formula is C44H24OS2. The fraction of sp³-hybridized carbons (Fsp3) is 0. The van der Waals surface area contributed by atoms with Crippen LogP contribution in [0.2, 0.25) is 0 Å². The second kappa shape index (κ2) is 9.52. The predicted octanol–water partition coefficient (Wildman–Crippen LogP) is 14.0. The van der Waals surface area contributed by atoms with Gasteiger partial charge in [-0.2, -0.15) is 0 Å². The predicted molar refractivity (Wildman–Crippen MR) is 205 cm³/mol. The van der Waals surface area contributed by atoms with Gasteiger partial charge in [0, 0.05) is 31.8 Å². The van der Waals surface area contributed by atoms with E-state index in [-0.39, 0.29) is 0 Å². The van der Waals surface area contributed by atoms with E-state index in [0.29, 0.717) is 0 Å². The minimum atomic E-state index is 0.918. The normalized spacial score (nSPS) is 12.3. The lowest BCUT2D eigenvalue weighted by molar-refractivity contribution is 0.669. The first-order chi connectivity index (χ1) is 23.3. The molecule has 0 aliphatic carbocycles. The number of fused-ring (bicyclic) bond motifs is 12. The average molecular weight is 633 g/mol. The molecule has 0 aliphatic heterocycles. The zero-order valence-corrected chi connectivity index (χ0v) is 26.7. The fourth-order valence-electron chi connectivity index (χ4n) is 7.91. The Labute approximate surface area is 277 Å². The second-order valence-corrected chi connectivity index (χ2v) is 14.3. The van der Waals surface area contributed by atoms with Crippen molar-refractivity contribution >= 4 is 107 Å². The molecule has 0 bridgehead atoms. The summed E-state index contributed by atoms with van der Waals surface area (Å²) in [5.41, 5.74) is 6.92. The summed E-state index contributed by atoms with van der Waals surface area (Å²) in [5.74, 6) is 0. The SMILES string of the molecule is c1ccc2c(c1)ccc1oc3ccc(-c4c5ccccc5c(-c5cccc6c5sc5c6ccc6ccsc65)c5ccccc45)cc3c12. The molecule has 11 rings (SSSR count). The van der Waals surface area contributed by atoms with Gasteiger partial charge in [-0.1, -0.05) is 115 Å². The topological polar surface area (TPSA) is 13.1 Å². The van der Waals surface area contributed by atoms with Crippen molar-refractivity contribution < 1.29 is 4.42 Å². The van der Waals surface area contributed by atoms with Gasteiger partial charge in [0.1, 0.15) is 11.2 Å². The van der Waals surface area contributed by atoms with Crippen molar-refractivity contribution in [1.29, 1.82) is 0 Å². The fourth-order valence-corrected chi connectivity index (χ4v) is 10.3. The lowest BCUT2D eigenvalue weighted by Gasteiger charge is -2.18. The van der Waals surface area contributed by atoms with Crippen molar-refractivity contribution in [1.82, 2.24) is 0 Å². The van der Waals surface area contributed by atoms with Gasteiger partial charge in [0.25, 0.3) is 0 Å². The van der Waals surface area contributed by atoms with Crippen LogP contribution in [-0.4, -0.2) is 0 Å². The quantitative estimate of drug-likeness (QED) is 0.173. The van der Waals surface area contributed by atoms with Crippen LogP contribution >= 0.6 is 22.7 Å². The largest absolute Gasteiger partial charge is 0.456 e. The van der Waals surface area contributed by atoms with Crippen LogP contribution in [0.15, 0.2) is 149 Å². The van der Waals surface area contributed by atoms with E-state index in [1.54, 1.807) is 0 Å². The molecule has 0 radical (unpaired) electrons. The van der Waals surface area contributed by atoms with Crippen molar-refractivity contribution in [3.05, 3.63) is 145 Å². The summed E-state index contributed by atoms with van der Waals surface area (Å²) in [7, 11) is 0. The number of hydrogen-bond acceptors (Lipinski definition) is 3. The molecule has 1 nitrogen and oxygen atoms in total. The molecule has 0 saturated carbocycles. The third kappa shape index (κ3) is 3.53. The summed E-state index contributed by atoms with van der Waals surface area (Å²) in [6.07, 6.45) is 0. The molecule has 3 heteroatoms. The summed E-state index contributed by atoms with van der Waals surface area (Å²) in [4.78, 5) is 0. The van der Waals surface area contributed by atoms with E-state index >= 15 is 0 Å². The van der Waals surface area contributed by atoms with Crippen molar-refractivity contribution in [2.24, 2.45) is 0 Å². The molecule has 0 atom stereocenters. The van der Waals surface area contributed by atoms with Crippen LogP contribution in [0.25, 0.3) is 107 Å². The molecule has 47 heavy (non-hydrogen) atoms. The van der Waals surface area contributed by atoms with Crippen molar-refractivity contribution in [3.63, 3.8) is 0 Å². The van der Waals surface area contributed by atoms with E-state index in [1.165, 1.54) is 90.2 Å². The van der Waals surface area contributed by atoms with E-state index in [9.17, 15) is 0 Å². The van der Waals surface area contributed by atoms with Crippen LogP contribution < -0.4 is 0 Å². The average Bonchev–Trinajstić information content (AvgIpc) is 3.85. The van der Waals surface area contributed by atoms with Gasteiger partial charge in [-0.15, -0.1) is 22.7 Å². The molecule has 3 heterocycles. The summed E-state index contributed by atoms with van der Waals surface area (Å²) < 4.78 is 10.5. The zero-order valence-electron chi connectivity index (χ0n) is 25.1. The Balaban J connectivity index is 1.25. The Morgan fingerprint density at radius 3 is 1.87 bits per heavy atom. The lowest BCUT2D eigenvalue weighted by Crippen LogP contribution is -1.91. The third-order valence-corrected chi connectivity index (χ3v) is 12.3. The molecule has 0 amide bonds. The van der Waals surface area contributed by atoms with Gasteiger partial charge in [0.2, 0.25) is 0 Å². The van der Waals surface area contributed by atoms with E-state index in [1.807, 2.05) is 22.7 Å². The maximum atomic E-state index is 6.39. The van der Waals surface area contributed by atoms with Crippen LogP contribution in [0.4, 0.5) is 0 Å². The number of thiophene rings is 2. The first kappa shape index (κ1) is 25.7. The molecule has 0 N–H and O–H groups in total. The minimum absolute atomic E-state index is 0.918. The van der Waals surface area contributed by atoms with E-state index in [4.69, 9.17) is 4.42 Å². The molecule has 0 aliphatic rings. The van der Waals surface area contributed by atoms with Gasteiger partial charge in [0.15, 0.2) is 0 Å². The molecule has 0 spiro atoms. The van der Waals surface area contributed by atoms with Crippen LogP contribution in [0, 0.1) is 0 Å².